The molecule has 17 heavy (non-hydrogen) atoms. The van der Waals surface area contributed by atoms with Gasteiger partial charge in [0.05, 0.1) is 11.5 Å². The molecule has 0 heterocycles. The minimum Gasteiger partial charge on any atom is -0.481 e. The maximum absolute atomic E-state index is 10.8. The molecule has 100 valence electrons. The van der Waals surface area contributed by atoms with Gasteiger partial charge in [-0.2, -0.15) is 0 Å². The molecule has 2 N–H and O–H groups in total. The zero-order valence-corrected chi connectivity index (χ0v) is 11.0. The smallest absolute Gasteiger partial charge is 0.306 e. The zero-order valence-electron chi connectivity index (χ0n) is 11.0. The van der Waals surface area contributed by atoms with Crippen molar-refractivity contribution in [1.29, 1.82) is 0 Å². The molecule has 0 spiro atoms. The summed E-state index contributed by atoms with van der Waals surface area (Å²) in [6, 6.07) is 0. The molecule has 1 aliphatic carbocycles. The van der Waals surface area contributed by atoms with E-state index < -0.39 is 11.6 Å². The summed E-state index contributed by atoms with van der Waals surface area (Å²) in [5.41, 5.74) is -0.672. The van der Waals surface area contributed by atoms with Crippen LogP contribution in [0, 0.1) is 5.92 Å². The van der Waals surface area contributed by atoms with Crippen molar-refractivity contribution in [1.82, 2.24) is 4.90 Å². The minimum absolute atomic E-state index is 0.253. The number of rotatable bonds is 6. The lowest BCUT2D eigenvalue weighted by atomic mass is 9.78. The Morgan fingerprint density at radius 3 is 2.47 bits per heavy atom. The van der Waals surface area contributed by atoms with Crippen LogP contribution in [0.1, 0.15) is 45.4 Å². The highest BCUT2D eigenvalue weighted by atomic mass is 16.4. The SMILES string of the molecule is CCCCN(C)CC1(O)CCC(C(=O)O)CC1. The summed E-state index contributed by atoms with van der Waals surface area (Å²) in [6.07, 6.45) is 4.73. The number of unbranched alkanes of at least 4 members (excludes halogenated alkanes) is 1. The van der Waals surface area contributed by atoms with Gasteiger partial charge in [-0.25, -0.2) is 0 Å². The zero-order chi connectivity index (χ0) is 12.9. The average Bonchev–Trinajstić information content (AvgIpc) is 2.26. The number of carboxylic acid groups (broad SMARTS) is 1. The van der Waals surface area contributed by atoms with E-state index in [0.29, 0.717) is 32.2 Å². The first kappa shape index (κ1) is 14.5. The number of carbonyl (C=O) groups is 1. The fourth-order valence-corrected chi connectivity index (χ4v) is 2.57. The van der Waals surface area contributed by atoms with E-state index in [-0.39, 0.29) is 5.92 Å². The molecule has 0 unspecified atom stereocenters. The van der Waals surface area contributed by atoms with Crippen molar-refractivity contribution in [3.63, 3.8) is 0 Å². The quantitative estimate of drug-likeness (QED) is 0.746. The van der Waals surface area contributed by atoms with Crippen LogP contribution < -0.4 is 0 Å². The molecular weight excluding hydrogens is 218 g/mol. The Bertz CT molecular complexity index is 247. The summed E-state index contributed by atoms with van der Waals surface area (Å²) in [4.78, 5) is 13.0. The van der Waals surface area contributed by atoms with Gasteiger partial charge in [0.15, 0.2) is 0 Å². The third kappa shape index (κ3) is 4.64. The molecule has 0 aromatic carbocycles. The summed E-state index contributed by atoms with van der Waals surface area (Å²) in [7, 11) is 2.02. The minimum atomic E-state index is -0.716. The topological polar surface area (TPSA) is 60.8 Å². The van der Waals surface area contributed by atoms with Crippen molar-refractivity contribution >= 4 is 5.97 Å². The first-order chi connectivity index (χ1) is 7.97. The normalized spacial score (nSPS) is 29.5. The van der Waals surface area contributed by atoms with Gasteiger partial charge in [0.25, 0.3) is 0 Å². The Kier molecular flexibility index (Phi) is 5.40. The lowest BCUT2D eigenvalue weighted by molar-refractivity contribution is -0.145. The predicted molar refractivity (Wildman–Crippen MR) is 66.9 cm³/mol. The lowest BCUT2D eigenvalue weighted by Crippen LogP contribution is -2.45. The van der Waals surface area contributed by atoms with E-state index in [4.69, 9.17) is 5.11 Å². The van der Waals surface area contributed by atoms with E-state index in [2.05, 4.69) is 11.8 Å². The molecule has 1 aliphatic rings. The van der Waals surface area contributed by atoms with Crippen molar-refractivity contribution in [3.05, 3.63) is 0 Å². The molecule has 1 rings (SSSR count). The summed E-state index contributed by atoms with van der Waals surface area (Å²) in [5.74, 6) is -0.970. The van der Waals surface area contributed by atoms with Gasteiger partial charge in [-0.15, -0.1) is 0 Å². The van der Waals surface area contributed by atoms with E-state index in [0.717, 1.165) is 19.4 Å². The summed E-state index contributed by atoms with van der Waals surface area (Å²) < 4.78 is 0. The fraction of sp³-hybridized carbons (Fsp3) is 0.923. The third-order valence-electron chi connectivity index (χ3n) is 3.72. The Hall–Kier alpha value is -0.610. The Morgan fingerprint density at radius 1 is 1.41 bits per heavy atom. The second-order valence-corrected chi connectivity index (χ2v) is 5.43. The lowest BCUT2D eigenvalue weighted by Gasteiger charge is -2.37. The highest BCUT2D eigenvalue weighted by Gasteiger charge is 2.36. The van der Waals surface area contributed by atoms with E-state index in [9.17, 15) is 9.90 Å². The molecular formula is C13H25NO3. The van der Waals surface area contributed by atoms with Crippen LogP contribution in [0.5, 0.6) is 0 Å². The predicted octanol–water partition coefficient (Wildman–Crippen LogP) is 1.72. The molecule has 0 atom stereocenters. The number of hydrogen-bond acceptors (Lipinski definition) is 3. The second kappa shape index (κ2) is 6.36. The molecule has 1 saturated carbocycles. The molecule has 4 heteroatoms. The number of aliphatic carboxylic acids is 1. The van der Waals surface area contributed by atoms with Crippen LogP contribution in [0.4, 0.5) is 0 Å². The Balaban J connectivity index is 2.36. The third-order valence-corrected chi connectivity index (χ3v) is 3.72. The van der Waals surface area contributed by atoms with Gasteiger partial charge in [0.2, 0.25) is 0 Å². The number of nitrogens with zero attached hydrogens (tertiary/aromatic N) is 1. The second-order valence-electron chi connectivity index (χ2n) is 5.43. The largest absolute Gasteiger partial charge is 0.481 e. The van der Waals surface area contributed by atoms with Crippen LogP contribution >= 0.6 is 0 Å². The highest BCUT2D eigenvalue weighted by Crippen LogP contribution is 2.32. The van der Waals surface area contributed by atoms with Crippen LogP contribution in [-0.2, 0) is 4.79 Å². The van der Waals surface area contributed by atoms with Crippen molar-refractivity contribution in [2.75, 3.05) is 20.1 Å². The molecule has 0 aromatic rings. The molecule has 0 saturated heterocycles. The number of carboxylic acids is 1. The van der Waals surface area contributed by atoms with E-state index >= 15 is 0 Å². The average molecular weight is 243 g/mol. The molecule has 1 fully saturated rings. The van der Waals surface area contributed by atoms with Gasteiger partial charge < -0.3 is 15.1 Å². The molecule has 0 aromatic heterocycles. The molecule has 0 aliphatic heterocycles. The fourth-order valence-electron chi connectivity index (χ4n) is 2.57. The first-order valence-electron chi connectivity index (χ1n) is 6.60. The Labute approximate surface area is 104 Å². The van der Waals surface area contributed by atoms with Crippen molar-refractivity contribution in [2.45, 2.75) is 51.0 Å². The summed E-state index contributed by atoms with van der Waals surface area (Å²) in [6.45, 7) is 3.82. The van der Waals surface area contributed by atoms with E-state index in [1.165, 1.54) is 0 Å². The van der Waals surface area contributed by atoms with Crippen LogP contribution in [0.15, 0.2) is 0 Å². The maximum atomic E-state index is 10.8. The van der Waals surface area contributed by atoms with Gasteiger partial charge in [-0.05, 0) is 45.7 Å². The molecule has 0 bridgehead atoms. The van der Waals surface area contributed by atoms with Gasteiger partial charge in [-0.1, -0.05) is 13.3 Å². The Morgan fingerprint density at radius 2 is 2.00 bits per heavy atom. The highest BCUT2D eigenvalue weighted by molar-refractivity contribution is 5.70. The standard InChI is InChI=1S/C13H25NO3/c1-3-4-9-14(2)10-13(17)7-5-11(6-8-13)12(15)16/h11,17H,3-10H2,1-2H3,(H,15,16). The van der Waals surface area contributed by atoms with E-state index in [1.807, 2.05) is 7.05 Å². The van der Waals surface area contributed by atoms with Gasteiger partial charge in [-0.3, -0.25) is 4.79 Å². The molecule has 0 radical (unpaired) electrons. The van der Waals surface area contributed by atoms with Crippen LogP contribution in [-0.4, -0.2) is 46.8 Å². The number of aliphatic hydroxyl groups is 1. The monoisotopic (exact) mass is 243 g/mol. The van der Waals surface area contributed by atoms with E-state index in [1.54, 1.807) is 0 Å². The molecule has 4 nitrogen and oxygen atoms in total. The van der Waals surface area contributed by atoms with Gasteiger partial charge >= 0.3 is 5.97 Å². The summed E-state index contributed by atoms with van der Waals surface area (Å²) >= 11 is 0. The van der Waals surface area contributed by atoms with Crippen molar-refractivity contribution < 1.29 is 15.0 Å². The molecule has 0 amide bonds. The van der Waals surface area contributed by atoms with Crippen LogP contribution in [0.3, 0.4) is 0 Å². The van der Waals surface area contributed by atoms with Crippen LogP contribution in [0.25, 0.3) is 0 Å². The number of likely N-dealkylation sites (N-methyl/N-ethyl adjacent to an activating group) is 1. The van der Waals surface area contributed by atoms with Crippen LogP contribution in [0.2, 0.25) is 0 Å². The number of hydrogen-bond donors (Lipinski definition) is 2. The summed E-state index contributed by atoms with van der Waals surface area (Å²) in [5, 5.41) is 19.3. The van der Waals surface area contributed by atoms with Gasteiger partial charge in [0.1, 0.15) is 0 Å². The van der Waals surface area contributed by atoms with Crippen molar-refractivity contribution in [2.24, 2.45) is 5.92 Å². The first-order valence-corrected chi connectivity index (χ1v) is 6.60. The van der Waals surface area contributed by atoms with Gasteiger partial charge in [0, 0.05) is 6.54 Å². The van der Waals surface area contributed by atoms with Crippen molar-refractivity contribution in [3.8, 4) is 0 Å². The maximum Gasteiger partial charge on any atom is 0.306 e.